The van der Waals surface area contributed by atoms with Gasteiger partial charge in [0.05, 0.1) is 17.8 Å². The van der Waals surface area contributed by atoms with E-state index in [1.807, 2.05) is 12.1 Å². The minimum atomic E-state index is -0.533. The van der Waals surface area contributed by atoms with Gasteiger partial charge in [0.1, 0.15) is 17.2 Å². The molecule has 3 heterocycles. The number of aliphatic hydroxyl groups excluding tert-OH is 1. The number of fused-ring (bicyclic) bond motifs is 1. The van der Waals surface area contributed by atoms with Crippen molar-refractivity contribution in [2.45, 2.75) is 18.9 Å². The Labute approximate surface area is 170 Å². The Morgan fingerprint density at radius 3 is 2.57 bits per heavy atom. The Morgan fingerprint density at radius 2 is 1.82 bits per heavy atom. The average Bonchev–Trinajstić information content (AvgIpc) is 3.18. The van der Waals surface area contributed by atoms with E-state index >= 15 is 0 Å². The van der Waals surface area contributed by atoms with Crippen LogP contribution in [0.3, 0.4) is 0 Å². The van der Waals surface area contributed by atoms with Gasteiger partial charge in [-0.15, -0.1) is 12.4 Å². The number of hydrogen-bond donors (Lipinski definition) is 1. The number of furan rings is 1. The minimum Gasteiger partial charge on any atom is -0.464 e. The molecule has 0 aliphatic carbocycles. The van der Waals surface area contributed by atoms with Crippen LogP contribution in [0.25, 0.3) is 11.0 Å². The summed E-state index contributed by atoms with van der Waals surface area (Å²) in [5, 5.41) is 11.3. The molecule has 150 valence electrons. The van der Waals surface area contributed by atoms with Crippen molar-refractivity contribution >= 4 is 29.2 Å². The van der Waals surface area contributed by atoms with Gasteiger partial charge in [0.15, 0.2) is 0 Å². The van der Waals surface area contributed by atoms with E-state index in [0.717, 1.165) is 61.5 Å². The molecule has 7 heteroatoms. The predicted octanol–water partition coefficient (Wildman–Crippen LogP) is 4.02. The van der Waals surface area contributed by atoms with Crippen LogP contribution >= 0.6 is 12.4 Å². The van der Waals surface area contributed by atoms with Crippen LogP contribution in [0, 0.1) is 5.82 Å². The van der Waals surface area contributed by atoms with E-state index in [1.54, 1.807) is 24.6 Å². The zero-order valence-electron chi connectivity index (χ0n) is 15.6. The number of hydrogen-bond acceptors (Lipinski definition) is 5. The van der Waals surface area contributed by atoms with Crippen LogP contribution in [0.4, 0.5) is 10.2 Å². The van der Waals surface area contributed by atoms with Gasteiger partial charge in [-0.25, -0.2) is 9.37 Å². The number of aromatic nitrogens is 1. The highest BCUT2D eigenvalue weighted by molar-refractivity contribution is 5.88. The summed E-state index contributed by atoms with van der Waals surface area (Å²) in [6.45, 7) is 4.76. The van der Waals surface area contributed by atoms with Crippen LogP contribution in [0.2, 0.25) is 0 Å². The summed E-state index contributed by atoms with van der Waals surface area (Å²) in [6.07, 6.45) is 4.56. The molecule has 0 saturated carbocycles. The molecule has 1 saturated heterocycles. The van der Waals surface area contributed by atoms with Crippen molar-refractivity contribution in [2.24, 2.45) is 0 Å². The van der Waals surface area contributed by atoms with Gasteiger partial charge in [0.2, 0.25) is 0 Å². The van der Waals surface area contributed by atoms with Crippen molar-refractivity contribution < 1.29 is 13.9 Å². The number of anilines is 1. The number of piperazine rings is 1. The first kappa shape index (κ1) is 20.6. The van der Waals surface area contributed by atoms with Gasteiger partial charge >= 0.3 is 0 Å². The van der Waals surface area contributed by atoms with Gasteiger partial charge in [-0.2, -0.15) is 0 Å². The summed E-state index contributed by atoms with van der Waals surface area (Å²) in [7, 11) is 0. The van der Waals surface area contributed by atoms with Crippen LogP contribution in [-0.4, -0.2) is 47.7 Å². The molecule has 1 atom stereocenters. The molecule has 1 fully saturated rings. The van der Waals surface area contributed by atoms with E-state index in [9.17, 15) is 9.50 Å². The van der Waals surface area contributed by atoms with Crippen molar-refractivity contribution in [1.82, 2.24) is 9.88 Å². The molecular weight excluding hydrogens is 381 g/mol. The summed E-state index contributed by atoms with van der Waals surface area (Å²) in [5.74, 6) is 0.719. The summed E-state index contributed by atoms with van der Waals surface area (Å²) < 4.78 is 18.4. The summed E-state index contributed by atoms with van der Waals surface area (Å²) in [5.41, 5.74) is 1.65. The van der Waals surface area contributed by atoms with Crippen LogP contribution < -0.4 is 4.90 Å². The molecule has 0 amide bonds. The van der Waals surface area contributed by atoms with Gasteiger partial charge in [-0.05, 0) is 49.2 Å². The lowest BCUT2D eigenvalue weighted by Gasteiger charge is -2.35. The van der Waals surface area contributed by atoms with Crippen molar-refractivity contribution in [1.29, 1.82) is 0 Å². The molecule has 2 aromatic heterocycles. The van der Waals surface area contributed by atoms with Crippen LogP contribution in [0.15, 0.2) is 53.3 Å². The fourth-order valence-electron chi connectivity index (χ4n) is 3.67. The zero-order chi connectivity index (χ0) is 18.6. The number of halogens is 2. The first-order valence-electron chi connectivity index (χ1n) is 9.44. The summed E-state index contributed by atoms with van der Waals surface area (Å²) in [6, 6.07) is 9.96. The lowest BCUT2D eigenvalue weighted by Crippen LogP contribution is -2.47. The van der Waals surface area contributed by atoms with E-state index in [2.05, 4.69) is 14.8 Å². The van der Waals surface area contributed by atoms with E-state index in [4.69, 9.17) is 4.42 Å². The first-order chi connectivity index (χ1) is 13.2. The zero-order valence-corrected chi connectivity index (χ0v) is 16.4. The van der Waals surface area contributed by atoms with E-state index in [1.165, 1.54) is 12.1 Å². The highest BCUT2D eigenvalue weighted by Gasteiger charge is 2.20. The Morgan fingerprint density at radius 1 is 1.07 bits per heavy atom. The number of benzene rings is 1. The average molecular weight is 406 g/mol. The summed E-state index contributed by atoms with van der Waals surface area (Å²) in [4.78, 5) is 9.27. The Hall–Kier alpha value is -2.15. The number of pyridine rings is 1. The topological polar surface area (TPSA) is 52.7 Å². The molecule has 1 unspecified atom stereocenters. The molecule has 1 aromatic carbocycles. The van der Waals surface area contributed by atoms with E-state index < -0.39 is 6.10 Å². The van der Waals surface area contributed by atoms with Gasteiger partial charge < -0.3 is 14.4 Å². The fourth-order valence-corrected chi connectivity index (χ4v) is 3.67. The molecule has 3 aromatic rings. The Bertz CT molecular complexity index is 879. The van der Waals surface area contributed by atoms with Gasteiger partial charge in [-0.1, -0.05) is 12.1 Å². The molecule has 28 heavy (non-hydrogen) atoms. The molecule has 0 spiro atoms. The molecule has 5 nitrogen and oxygen atoms in total. The molecule has 0 radical (unpaired) electrons. The SMILES string of the molecule is Cl.OC(CCCN1CCN(c2nccc3occc23)CC1)c1ccc(F)cc1. The monoisotopic (exact) mass is 405 g/mol. The molecule has 1 aliphatic heterocycles. The molecule has 1 aliphatic rings. The maximum atomic E-state index is 13.0. The number of nitrogens with zero attached hydrogens (tertiary/aromatic N) is 3. The highest BCUT2D eigenvalue weighted by atomic mass is 35.5. The maximum Gasteiger partial charge on any atom is 0.139 e. The molecule has 4 rings (SSSR count). The van der Waals surface area contributed by atoms with Crippen LogP contribution in [0.5, 0.6) is 0 Å². The third kappa shape index (κ3) is 4.63. The predicted molar refractivity (Wildman–Crippen MR) is 111 cm³/mol. The van der Waals surface area contributed by atoms with Gasteiger partial charge in [0, 0.05) is 32.4 Å². The second-order valence-electron chi connectivity index (χ2n) is 7.01. The maximum absolute atomic E-state index is 13.0. The number of rotatable bonds is 6. The lowest BCUT2D eigenvalue weighted by molar-refractivity contribution is 0.154. The Balaban J connectivity index is 0.00000225. The van der Waals surface area contributed by atoms with Crippen LogP contribution in [0.1, 0.15) is 24.5 Å². The second kappa shape index (κ2) is 9.37. The normalized spacial score (nSPS) is 16.1. The standard InChI is InChI=1S/C21H24FN3O2.ClH/c22-17-5-3-16(4-6-17)19(26)2-1-10-24-11-13-25(14-12-24)21-18-8-15-27-20(18)7-9-23-21;/h3-9,15,19,26H,1-2,10-14H2;1H. The molecular formula is C21H25ClFN3O2. The van der Waals surface area contributed by atoms with Crippen molar-refractivity contribution in [3.8, 4) is 0 Å². The first-order valence-corrected chi connectivity index (χ1v) is 9.44. The van der Waals surface area contributed by atoms with Crippen molar-refractivity contribution in [2.75, 3.05) is 37.6 Å². The smallest absolute Gasteiger partial charge is 0.139 e. The number of aliphatic hydroxyl groups is 1. The van der Waals surface area contributed by atoms with Crippen LogP contribution in [-0.2, 0) is 0 Å². The molecule has 1 N–H and O–H groups in total. The van der Waals surface area contributed by atoms with Gasteiger partial charge in [-0.3, -0.25) is 4.90 Å². The lowest BCUT2D eigenvalue weighted by atomic mass is 10.0. The molecule has 0 bridgehead atoms. The third-order valence-electron chi connectivity index (χ3n) is 5.24. The third-order valence-corrected chi connectivity index (χ3v) is 5.24. The minimum absolute atomic E-state index is 0. The van der Waals surface area contributed by atoms with E-state index in [-0.39, 0.29) is 18.2 Å². The highest BCUT2D eigenvalue weighted by Crippen LogP contribution is 2.26. The summed E-state index contributed by atoms with van der Waals surface area (Å²) >= 11 is 0. The Kier molecular flexibility index (Phi) is 6.88. The quantitative estimate of drug-likeness (QED) is 0.671. The van der Waals surface area contributed by atoms with Crippen molar-refractivity contribution in [3.63, 3.8) is 0 Å². The van der Waals surface area contributed by atoms with E-state index in [0.29, 0.717) is 6.42 Å². The van der Waals surface area contributed by atoms with Crippen molar-refractivity contribution in [3.05, 3.63) is 60.2 Å². The van der Waals surface area contributed by atoms with Gasteiger partial charge in [0.25, 0.3) is 0 Å². The fraction of sp³-hybridized carbons (Fsp3) is 0.381. The second-order valence-corrected chi connectivity index (χ2v) is 7.01. The largest absolute Gasteiger partial charge is 0.464 e.